The molecule has 2 fully saturated rings. The summed E-state index contributed by atoms with van der Waals surface area (Å²) in [5, 5.41) is 8.07. The van der Waals surface area contributed by atoms with Gasteiger partial charge < -0.3 is 14.3 Å². The summed E-state index contributed by atoms with van der Waals surface area (Å²) in [5.74, 6) is 3.13. The van der Waals surface area contributed by atoms with E-state index in [1.54, 1.807) is 30.2 Å². The molecule has 0 aliphatic carbocycles. The molecule has 5 rings (SSSR count). The highest BCUT2D eigenvalue weighted by Crippen LogP contribution is 2.34. The maximum atomic E-state index is 12.6. The number of hydrogen-bond donors (Lipinski definition) is 0. The minimum atomic E-state index is -0.0456. The number of aromatic nitrogens is 5. The Labute approximate surface area is 155 Å². The molecule has 2 unspecified atom stereocenters. The summed E-state index contributed by atoms with van der Waals surface area (Å²) < 4.78 is 6.75. The molecule has 2 atom stereocenters. The largest absolute Gasteiger partial charge is 0.361 e. The van der Waals surface area contributed by atoms with Crippen molar-refractivity contribution in [3.8, 4) is 5.82 Å². The van der Waals surface area contributed by atoms with Crippen molar-refractivity contribution >= 4 is 11.7 Å². The van der Waals surface area contributed by atoms with Crippen molar-refractivity contribution in [2.75, 3.05) is 31.1 Å². The van der Waals surface area contributed by atoms with E-state index in [4.69, 9.17) is 4.52 Å². The van der Waals surface area contributed by atoms with Gasteiger partial charge in [0.1, 0.15) is 17.9 Å². The Hall–Kier alpha value is -3.23. The highest BCUT2D eigenvalue weighted by Gasteiger charge is 2.42. The predicted octanol–water partition coefficient (Wildman–Crippen LogP) is 1.17. The number of hydrogen-bond acceptors (Lipinski definition) is 7. The number of likely N-dealkylation sites (tertiary alicyclic amines) is 1. The number of nitrogens with zero attached hydrogens (tertiary/aromatic N) is 7. The number of rotatable bonds is 3. The summed E-state index contributed by atoms with van der Waals surface area (Å²) in [7, 11) is 0. The van der Waals surface area contributed by atoms with Crippen LogP contribution < -0.4 is 4.90 Å². The molecule has 0 saturated carbocycles. The minimum Gasteiger partial charge on any atom is -0.361 e. The van der Waals surface area contributed by atoms with Gasteiger partial charge in [-0.1, -0.05) is 5.16 Å². The molecule has 3 aromatic rings. The van der Waals surface area contributed by atoms with Gasteiger partial charge in [-0.25, -0.2) is 14.6 Å². The van der Waals surface area contributed by atoms with Crippen molar-refractivity contribution in [1.82, 2.24) is 29.8 Å². The van der Waals surface area contributed by atoms with E-state index in [1.165, 1.54) is 0 Å². The van der Waals surface area contributed by atoms with Crippen LogP contribution in [-0.4, -0.2) is 61.9 Å². The molecule has 3 aromatic heterocycles. The van der Waals surface area contributed by atoms with Gasteiger partial charge in [-0.3, -0.25) is 4.79 Å². The van der Waals surface area contributed by atoms with Crippen LogP contribution in [-0.2, 0) is 0 Å². The summed E-state index contributed by atoms with van der Waals surface area (Å²) >= 11 is 0. The topological polar surface area (TPSA) is 93.2 Å². The Balaban J connectivity index is 1.28. The summed E-state index contributed by atoms with van der Waals surface area (Å²) in [4.78, 5) is 25.5. The van der Waals surface area contributed by atoms with Crippen molar-refractivity contribution in [1.29, 1.82) is 0 Å². The van der Waals surface area contributed by atoms with Crippen LogP contribution in [0.15, 0.2) is 41.4 Å². The Kier molecular flexibility index (Phi) is 3.66. The summed E-state index contributed by atoms with van der Waals surface area (Å²) in [5.41, 5.74) is 0.393. The first-order valence-corrected chi connectivity index (χ1v) is 8.97. The molecule has 0 N–H and O–H groups in total. The molecular formula is C18H19N7O2. The van der Waals surface area contributed by atoms with E-state index >= 15 is 0 Å². The highest BCUT2D eigenvalue weighted by atomic mass is 16.5. The zero-order valence-electron chi connectivity index (χ0n) is 14.9. The Bertz CT molecular complexity index is 954. The van der Waals surface area contributed by atoms with Gasteiger partial charge in [0, 0.05) is 62.5 Å². The van der Waals surface area contributed by atoms with Gasteiger partial charge in [0.25, 0.3) is 5.91 Å². The lowest BCUT2D eigenvalue weighted by Crippen LogP contribution is -2.33. The van der Waals surface area contributed by atoms with Gasteiger partial charge in [-0.15, -0.1) is 0 Å². The molecule has 0 bridgehead atoms. The first kappa shape index (κ1) is 16.0. The van der Waals surface area contributed by atoms with E-state index in [9.17, 15) is 4.79 Å². The van der Waals surface area contributed by atoms with Crippen LogP contribution in [0.5, 0.6) is 0 Å². The number of carbonyl (C=O) groups is 1. The van der Waals surface area contributed by atoms with Crippen LogP contribution in [0.25, 0.3) is 5.82 Å². The lowest BCUT2D eigenvalue weighted by Gasteiger charge is -2.22. The van der Waals surface area contributed by atoms with Gasteiger partial charge >= 0.3 is 0 Å². The second-order valence-corrected chi connectivity index (χ2v) is 7.14. The first-order chi connectivity index (χ1) is 13.2. The monoisotopic (exact) mass is 365 g/mol. The molecule has 2 aliphatic heterocycles. The summed E-state index contributed by atoms with van der Waals surface area (Å²) in [6.45, 7) is 5.02. The summed E-state index contributed by atoms with van der Waals surface area (Å²) in [6.07, 6.45) is 5.16. The van der Waals surface area contributed by atoms with Crippen LogP contribution >= 0.6 is 0 Å². The molecule has 2 saturated heterocycles. The lowest BCUT2D eigenvalue weighted by atomic mass is 10.0. The third kappa shape index (κ3) is 2.84. The van der Waals surface area contributed by atoms with Gasteiger partial charge in [0.15, 0.2) is 11.5 Å². The van der Waals surface area contributed by atoms with E-state index in [1.807, 2.05) is 23.2 Å². The van der Waals surface area contributed by atoms with Crippen LogP contribution in [0.1, 0.15) is 16.2 Å². The molecule has 138 valence electrons. The normalized spacial score (nSPS) is 21.7. The highest BCUT2D eigenvalue weighted by molar-refractivity contribution is 5.92. The zero-order valence-corrected chi connectivity index (χ0v) is 14.9. The number of aryl methyl sites for hydroxylation is 1. The van der Waals surface area contributed by atoms with E-state index < -0.39 is 0 Å². The average Bonchev–Trinajstić information content (AvgIpc) is 3.44. The Morgan fingerprint density at radius 2 is 1.89 bits per heavy atom. The van der Waals surface area contributed by atoms with E-state index in [2.05, 4.69) is 25.1 Å². The van der Waals surface area contributed by atoms with Crippen LogP contribution in [0.4, 0.5) is 5.82 Å². The van der Waals surface area contributed by atoms with Crippen molar-refractivity contribution < 1.29 is 9.32 Å². The molecule has 5 heterocycles. The Morgan fingerprint density at radius 1 is 1.11 bits per heavy atom. The van der Waals surface area contributed by atoms with Crippen LogP contribution in [0, 0.1) is 18.8 Å². The fourth-order valence-corrected chi connectivity index (χ4v) is 4.01. The van der Waals surface area contributed by atoms with Crippen LogP contribution in [0.3, 0.4) is 0 Å². The fraction of sp³-hybridized carbons (Fsp3) is 0.389. The second-order valence-electron chi connectivity index (χ2n) is 7.14. The van der Waals surface area contributed by atoms with Gasteiger partial charge in [0.2, 0.25) is 0 Å². The van der Waals surface area contributed by atoms with E-state index in [-0.39, 0.29) is 5.91 Å². The second kappa shape index (κ2) is 6.19. The summed E-state index contributed by atoms with van der Waals surface area (Å²) in [6, 6.07) is 5.51. The van der Waals surface area contributed by atoms with Crippen molar-refractivity contribution in [2.24, 2.45) is 11.8 Å². The molecule has 2 aliphatic rings. The number of amides is 1. The van der Waals surface area contributed by atoms with Crippen LogP contribution in [0.2, 0.25) is 0 Å². The van der Waals surface area contributed by atoms with Gasteiger partial charge in [-0.2, -0.15) is 5.10 Å². The molecule has 27 heavy (non-hydrogen) atoms. The van der Waals surface area contributed by atoms with Crippen molar-refractivity contribution in [3.63, 3.8) is 0 Å². The van der Waals surface area contributed by atoms with E-state index in [0.29, 0.717) is 23.3 Å². The standard InChI is InChI=1S/C18H19N7O2/c1-12-5-15(22-27-12)18(26)24-9-13-7-23(8-14(13)10-24)16-6-17(20-11-19-16)25-4-2-3-21-25/h2-6,11,13-14H,7-10H2,1H3. The zero-order chi connectivity index (χ0) is 18.4. The molecule has 1 amide bonds. The third-order valence-electron chi connectivity index (χ3n) is 5.32. The molecular weight excluding hydrogens is 346 g/mol. The molecule has 9 nitrogen and oxygen atoms in total. The van der Waals surface area contributed by atoms with Crippen molar-refractivity contribution in [2.45, 2.75) is 6.92 Å². The average molecular weight is 365 g/mol. The lowest BCUT2D eigenvalue weighted by molar-refractivity contribution is 0.0772. The number of anilines is 1. The maximum absolute atomic E-state index is 12.6. The quantitative estimate of drug-likeness (QED) is 0.688. The smallest absolute Gasteiger partial charge is 0.276 e. The molecule has 0 aromatic carbocycles. The first-order valence-electron chi connectivity index (χ1n) is 8.97. The minimum absolute atomic E-state index is 0.0456. The van der Waals surface area contributed by atoms with E-state index in [0.717, 1.165) is 37.8 Å². The molecule has 9 heteroatoms. The van der Waals surface area contributed by atoms with Gasteiger partial charge in [-0.05, 0) is 13.0 Å². The molecule has 0 spiro atoms. The van der Waals surface area contributed by atoms with Crippen molar-refractivity contribution in [3.05, 3.63) is 48.4 Å². The van der Waals surface area contributed by atoms with Gasteiger partial charge in [0.05, 0.1) is 0 Å². The Morgan fingerprint density at radius 3 is 2.56 bits per heavy atom. The predicted molar refractivity (Wildman–Crippen MR) is 95.5 cm³/mol. The number of fused-ring (bicyclic) bond motifs is 1. The number of carbonyl (C=O) groups excluding carboxylic acids is 1. The molecule has 0 radical (unpaired) electrons. The SMILES string of the molecule is Cc1cc(C(=O)N2CC3CN(c4cc(-n5cccn5)ncn4)CC3C2)no1. The maximum Gasteiger partial charge on any atom is 0.276 e. The third-order valence-corrected chi connectivity index (χ3v) is 5.32. The fourth-order valence-electron chi connectivity index (χ4n) is 4.01.